The first-order valence-electron chi connectivity index (χ1n) is 7.30. The molecule has 2 aromatic carbocycles. The minimum Gasteiger partial charge on any atom is -0.355 e. The van der Waals surface area contributed by atoms with Crippen LogP contribution in [0, 0.1) is 5.82 Å². The van der Waals surface area contributed by atoms with Gasteiger partial charge in [-0.05, 0) is 36.8 Å². The lowest BCUT2D eigenvalue weighted by Crippen LogP contribution is -2.47. The van der Waals surface area contributed by atoms with E-state index >= 15 is 0 Å². The van der Waals surface area contributed by atoms with Gasteiger partial charge in [0.2, 0.25) is 5.91 Å². The Labute approximate surface area is 150 Å². The summed E-state index contributed by atoms with van der Waals surface area (Å²) >= 11 is 11.0. The molecule has 0 aromatic heterocycles. The maximum absolute atomic E-state index is 13.6. The fraction of sp³-hybridized carbons (Fsp3) is 0.176. The molecule has 0 spiro atoms. The van der Waals surface area contributed by atoms with Crippen LogP contribution in [0.4, 0.5) is 4.39 Å². The number of carbonyl (C=O) groups excluding carboxylic acids is 1. The zero-order chi connectivity index (χ0) is 17.5. The Balaban J connectivity index is 1.82. The molecule has 0 aliphatic carbocycles. The highest BCUT2D eigenvalue weighted by atomic mass is 35.5. The zero-order valence-electron chi connectivity index (χ0n) is 13.0. The van der Waals surface area contributed by atoms with Gasteiger partial charge in [-0.3, -0.25) is 15.6 Å². The van der Waals surface area contributed by atoms with E-state index in [1.807, 2.05) is 37.3 Å². The second-order valence-corrected chi connectivity index (χ2v) is 5.97. The van der Waals surface area contributed by atoms with Crippen LogP contribution in [-0.2, 0) is 11.2 Å². The van der Waals surface area contributed by atoms with E-state index in [9.17, 15) is 9.18 Å². The Kier molecular flexibility index (Phi) is 6.52. The van der Waals surface area contributed by atoms with E-state index in [0.29, 0.717) is 0 Å². The maximum atomic E-state index is 13.6. The van der Waals surface area contributed by atoms with E-state index in [-0.39, 0.29) is 28.2 Å². The number of halogens is 2. The molecular weight excluding hydrogens is 349 g/mol. The maximum Gasteiger partial charge on any atom is 0.242 e. The SMILES string of the molecule is C[C@H](NC(=S)NNC(=O)Cc1c(F)cccc1Cl)c1ccccc1. The van der Waals surface area contributed by atoms with Crippen molar-refractivity contribution in [2.24, 2.45) is 0 Å². The van der Waals surface area contributed by atoms with Crippen LogP contribution < -0.4 is 16.2 Å². The predicted octanol–water partition coefficient (Wildman–Crippen LogP) is 3.28. The molecule has 0 saturated heterocycles. The summed E-state index contributed by atoms with van der Waals surface area (Å²) in [5, 5.41) is 3.52. The van der Waals surface area contributed by atoms with Gasteiger partial charge in [-0.2, -0.15) is 0 Å². The number of thiocarbonyl (C=S) groups is 1. The fourth-order valence-electron chi connectivity index (χ4n) is 2.09. The molecule has 4 nitrogen and oxygen atoms in total. The molecule has 1 amide bonds. The molecule has 24 heavy (non-hydrogen) atoms. The summed E-state index contributed by atoms with van der Waals surface area (Å²) in [5.74, 6) is -0.963. The lowest BCUT2D eigenvalue weighted by molar-refractivity contribution is -0.121. The summed E-state index contributed by atoms with van der Waals surface area (Å²) in [6.07, 6.45) is -0.185. The highest BCUT2D eigenvalue weighted by Gasteiger charge is 2.12. The number of hydrazine groups is 1. The molecule has 1 atom stereocenters. The van der Waals surface area contributed by atoms with Gasteiger partial charge in [-0.15, -0.1) is 0 Å². The Bertz CT molecular complexity index is 707. The van der Waals surface area contributed by atoms with Crippen molar-refractivity contribution in [1.29, 1.82) is 0 Å². The number of amides is 1. The van der Waals surface area contributed by atoms with Crippen molar-refractivity contribution >= 4 is 34.8 Å². The molecule has 0 radical (unpaired) electrons. The molecule has 0 aliphatic heterocycles. The van der Waals surface area contributed by atoms with Crippen LogP contribution in [0.25, 0.3) is 0 Å². The van der Waals surface area contributed by atoms with E-state index in [2.05, 4.69) is 16.2 Å². The monoisotopic (exact) mass is 365 g/mol. The van der Waals surface area contributed by atoms with E-state index in [1.54, 1.807) is 0 Å². The first kappa shape index (κ1) is 18.2. The summed E-state index contributed by atoms with van der Waals surface area (Å²) in [6.45, 7) is 1.95. The van der Waals surface area contributed by atoms with Gasteiger partial charge in [0, 0.05) is 10.6 Å². The van der Waals surface area contributed by atoms with Gasteiger partial charge in [0.1, 0.15) is 5.82 Å². The second-order valence-electron chi connectivity index (χ2n) is 5.16. The Morgan fingerprint density at radius 1 is 1.17 bits per heavy atom. The van der Waals surface area contributed by atoms with Crippen LogP contribution in [0.15, 0.2) is 48.5 Å². The topological polar surface area (TPSA) is 53.2 Å². The Morgan fingerprint density at radius 3 is 2.54 bits per heavy atom. The zero-order valence-corrected chi connectivity index (χ0v) is 14.5. The minimum absolute atomic E-state index is 0.0240. The molecule has 3 N–H and O–H groups in total. The Morgan fingerprint density at radius 2 is 1.88 bits per heavy atom. The largest absolute Gasteiger partial charge is 0.355 e. The average Bonchev–Trinajstić information content (AvgIpc) is 2.57. The molecule has 0 aliphatic rings. The standard InChI is InChI=1S/C17H17ClFN3OS/c1-11(12-6-3-2-4-7-12)20-17(24)22-21-16(23)10-13-14(18)8-5-9-15(13)19/h2-9,11H,10H2,1H3,(H,21,23)(H2,20,22,24)/t11-/m0/s1. The molecule has 7 heteroatoms. The third kappa shape index (κ3) is 5.18. The number of hydrogen-bond acceptors (Lipinski definition) is 2. The predicted molar refractivity (Wildman–Crippen MR) is 97.0 cm³/mol. The first-order valence-corrected chi connectivity index (χ1v) is 8.09. The minimum atomic E-state index is -0.518. The van der Waals surface area contributed by atoms with Crippen molar-refractivity contribution in [1.82, 2.24) is 16.2 Å². The lowest BCUT2D eigenvalue weighted by Gasteiger charge is -2.17. The van der Waals surface area contributed by atoms with Gasteiger partial charge in [0.25, 0.3) is 0 Å². The summed E-state index contributed by atoms with van der Waals surface area (Å²) < 4.78 is 13.6. The van der Waals surface area contributed by atoms with Gasteiger partial charge >= 0.3 is 0 Å². The normalized spacial score (nSPS) is 11.5. The van der Waals surface area contributed by atoms with Crippen LogP contribution in [-0.4, -0.2) is 11.0 Å². The van der Waals surface area contributed by atoms with Crippen molar-refractivity contribution in [3.05, 3.63) is 70.5 Å². The lowest BCUT2D eigenvalue weighted by atomic mass is 10.1. The highest BCUT2D eigenvalue weighted by Crippen LogP contribution is 2.19. The van der Waals surface area contributed by atoms with Crippen molar-refractivity contribution < 1.29 is 9.18 Å². The van der Waals surface area contributed by atoms with Crippen LogP contribution in [0.5, 0.6) is 0 Å². The molecule has 0 unspecified atom stereocenters. The van der Waals surface area contributed by atoms with Gasteiger partial charge in [0.05, 0.1) is 12.5 Å². The summed E-state index contributed by atoms with van der Waals surface area (Å²) in [6, 6.07) is 14.0. The summed E-state index contributed by atoms with van der Waals surface area (Å²) in [5.41, 5.74) is 6.23. The number of nitrogens with one attached hydrogen (secondary N) is 3. The van der Waals surface area contributed by atoms with Gasteiger partial charge in [0.15, 0.2) is 5.11 Å². The van der Waals surface area contributed by atoms with Crippen molar-refractivity contribution in [2.75, 3.05) is 0 Å². The van der Waals surface area contributed by atoms with Gasteiger partial charge in [-0.25, -0.2) is 4.39 Å². The van der Waals surface area contributed by atoms with E-state index < -0.39 is 11.7 Å². The molecule has 0 bridgehead atoms. The number of carbonyl (C=O) groups is 1. The van der Waals surface area contributed by atoms with Crippen molar-refractivity contribution in [2.45, 2.75) is 19.4 Å². The highest BCUT2D eigenvalue weighted by molar-refractivity contribution is 7.80. The van der Waals surface area contributed by atoms with Crippen molar-refractivity contribution in [3.8, 4) is 0 Å². The first-order chi connectivity index (χ1) is 11.5. The van der Waals surface area contributed by atoms with E-state index in [1.165, 1.54) is 18.2 Å². The number of benzene rings is 2. The molecule has 2 rings (SSSR count). The third-order valence-corrected chi connectivity index (χ3v) is 3.94. The third-order valence-electron chi connectivity index (χ3n) is 3.36. The second kappa shape index (κ2) is 8.61. The number of rotatable bonds is 4. The average molecular weight is 366 g/mol. The van der Waals surface area contributed by atoms with E-state index in [0.717, 1.165) is 5.56 Å². The van der Waals surface area contributed by atoms with Gasteiger partial charge < -0.3 is 5.32 Å². The van der Waals surface area contributed by atoms with Crippen LogP contribution >= 0.6 is 23.8 Å². The Hall–Kier alpha value is -2.18. The van der Waals surface area contributed by atoms with Crippen LogP contribution in [0.1, 0.15) is 24.1 Å². The number of hydrogen-bond donors (Lipinski definition) is 3. The molecule has 0 heterocycles. The molecule has 0 fully saturated rings. The van der Waals surface area contributed by atoms with Crippen LogP contribution in [0.3, 0.4) is 0 Å². The summed E-state index contributed by atoms with van der Waals surface area (Å²) in [7, 11) is 0. The molecular formula is C17H17ClFN3OS. The van der Waals surface area contributed by atoms with E-state index in [4.69, 9.17) is 23.8 Å². The smallest absolute Gasteiger partial charge is 0.242 e. The van der Waals surface area contributed by atoms with Gasteiger partial charge in [-0.1, -0.05) is 48.0 Å². The van der Waals surface area contributed by atoms with Crippen LogP contribution in [0.2, 0.25) is 5.02 Å². The summed E-state index contributed by atoms with van der Waals surface area (Å²) in [4.78, 5) is 11.9. The van der Waals surface area contributed by atoms with Crippen molar-refractivity contribution in [3.63, 3.8) is 0 Å². The quantitative estimate of drug-likeness (QED) is 0.575. The molecule has 126 valence electrons. The molecule has 2 aromatic rings. The fourth-order valence-corrected chi connectivity index (χ4v) is 2.55. The molecule has 0 saturated carbocycles.